The molecule has 6 nitrogen and oxygen atoms in total. The Morgan fingerprint density at radius 3 is 2.55 bits per heavy atom. The third-order valence-corrected chi connectivity index (χ3v) is 6.51. The van der Waals surface area contributed by atoms with Crippen molar-refractivity contribution < 1.29 is 33.2 Å². The molecule has 2 aliphatic heterocycles. The van der Waals surface area contributed by atoms with Gasteiger partial charge in [0.1, 0.15) is 18.1 Å². The lowest BCUT2D eigenvalue weighted by Crippen LogP contribution is -2.53. The normalized spacial score (nSPS) is 24.7. The largest absolute Gasteiger partial charge is 0.494 e. The highest BCUT2D eigenvalue weighted by molar-refractivity contribution is 5.67. The minimum absolute atomic E-state index is 0.0613. The molecule has 0 radical (unpaired) electrons. The van der Waals surface area contributed by atoms with Crippen LogP contribution in [0.2, 0.25) is 0 Å². The molecule has 2 heterocycles. The summed E-state index contributed by atoms with van der Waals surface area (Å²) >= 11 is 0. The summed E-state index contributed by atoms with van der Waals surface area (Å²) in [7, 11) is 1.43. The van der Waals surface area contributed by atoms with Crippen LogP contribution < -0.4 is 9.47 Å². The van der Waals surface area contributed by atoms with Crippen molar-refractivity contribution in [2.75, 3.05) is 26.9 Å². The number of carbonyl (C=O) groups is 1. The zero-order valence-electron chi connectivity index (χ0n) is 17.6. The summed E-state index contributed by atoms with van der Waals surface area (Å²) in [6.07, 6.45) is 4.53. The summed E-state index contributed by atoms with van der Waals surface area (Å²) in [6.45, 7) is 0.735. The number of aliphatic carboxylic acids is 1. The van der Waals surface area contributed by atoms with E-state index in [1.54, 1.807) is 12.1 Å². The van der Waals surface area contributed by atoms with E-state index < -0.39 is 11.8 Å². The quantitative estimate of drug-likeness (QED) is 0.582. The lowest BCUT2D eigenvalue weighted by molar-refractivity contribution is -0.168. The number of ether oxygens (including phenoxy) is 4. The summed E-state index contributed by atoms with van der Waals surface area (Å²) < 4.78 is 36.3. The molecule has 2 saturated heterocycles. The second-order valence-corrected chi connectivity index (χ2v) is 8.37. The van der Waals surface area contributed by atoms with Gasteiger partial charge >= 0.3 is 5.97 Å². The van der Waals surface area contributed by atoms with Crippen molar-refractivity contribution in [1.29, 1.82) is 0 Å². The number of fused-ring (bicyclic) bond motifs is 3. The second kappa shape index (κ2) is 8.85. The molecule has 7 heteroatoms. The zero-order chi connectivity index (χ0) is 21.9. The minimum Gasteiger partial charge on any atom is -0.494 e. The van der Waals surface area contributed by atoms with Crippen LogP contribution in [0.15, 0.2) is 42.5 Å². The summed E-state index contributed by atoms with van der Waals surface area (Å²) in [6, 6.07) is 12.5. The van der Waals surface area contributed by atoms with Crippen LogP contribution in [0.4, 0.5) is 4.39 Å². The molecule has 2 aromatic rings. The average Bonchev–Trinajstić information content (AvgIpc) is 2.78. The maximum absolute atomic E-state index is 14.0. The van der Waals surface area contributed by atoms with Gasteiger partial charge in [0.25, 0.3) is 0 Å². The Bertz CT molecular complexity index is 919. The maximum Gasteiger partial charge on any atom is 0.329 e. The fraction of sp³-hybridized carbons (Fsp3) is 0.458. The van der Waals surface area contributed by atoms with Crippen LogP contribution in [0.25, 0.3) is 0 Å². The molecule has 1 saturated carbocycles. The Morgan fingerprint density at radius 1 is 1.13 bits per heavy atom. The Balaban J connectivity index is 1.41. The van der Waals surface area contributed by atoms with Gasteiger partial charge in [-0.25, -0.2) is 9.18 Å². The lowest BCUT2D eigenvalue weighted by Gasteiger charge is -2.53. The van der Waals surface area contributed by atoms with Crippen LogP contribution in [-0.4, -0.2) is 43.6 Å². The van der Waals surface area contributed by atoms with E-state index in [1.165, 1.54) is 13.2 Å². The van der Waals surface area contributed by atoms with Gasteiger partial charge in [-0.05, 0) is 61.9 Å². The van der Waals surface area contributed by atoms with Gasteiger partial charge in [-0.1, -0.05) is 12.1 Å². The number of hydrogen-bond acceptors (Lipinski definition) is 5. The molecule has 3 fully saturated rings. The van der Waals surface area contributed by atoms with Gasteiger partial charge in [0.15, 0.2) is 11.6 Å². The van der Waals surface area contributed by atoms with E-state index in [2.05, 4.69) is 6.07 Å². The van der Waals surface area contributed by atoms with Crippen molar-refractivity contribution in [3.8, 4) is 17.2 Å². The highest BCUT2D eigenvalue weighted by Gasteiger charge is 2.50. The Labute approximate surface area is 180 Å². The first-order valence-corrected chi connectivity index (χ1v) is 10.5. The third-order valence-electron chi connectivity index (χ3n) is 6.51. The fourth-order valence-electron chi connectivity index (χ4n) is 4.61. The van der Waals surface area contributed by atoms with Crippen molar-refractivity contribution in [3.63, 3.8) is 0 Å². The maximum atomic E-state index is 14.0. The summed E-state index contributed by atoms with van der Waals surface area (Å²) in [4.78, 5) is 10.6. The molecule has 166 valence electrons. The Hall–Kier alpha value is -2.64. The third kappa shape index (κ3) is 4.67. The predicted octanol–water partition coefficient (Wildman–Crippen LogP) is 4.70. The van der Waals surface area contributed by atoms with Crippen LogP contribution in [0.3, 0.4) is 0 Å². The fourth-order valence-corrected chi connectivity index (χ4v) is 4.61. The molecule has 1 aliphatic carbocycles. The number of carboxylic acids is 1. The Kier molecular flexibility index (Phi) is 6.16. The van der Waals surface area contributed by atoms with Gasteiger partial charge < -0.3 is 24.1 Å². The molecule has 5 rings (SSSR count). The molecule has 0 spiro atoms. The molecule has 1 N–H and O–H groups in total. The molecule has 0 unspecified atom stereocenters. The van der Waals surface area contributed by atoms with Crippen LogP contribution in [-0.2, 0) is 19.7 Å². The zero-order valence-corrected chi connectivity index (χ0v) is 17.6. The van der Waals surface area contributed by atoms with Gasteiger partial charge in [-0.15, -0.1) is 0 Å². The average molecular weight is 430 g/mol. The molecule has 2 bridgehead atoms. The van der Waals surface area contributed by atoms with Gasteiger partial charge in [0, 0.05) is 11.5 Å². The molecular formula is C24H27FO6. The molecule has 3 aliphatic rings. The van der Waals surface area contributed by atoms with Crippen LogP contribution >= 0.6 is 0 Å². The van der Waals surface area contributed by atoms with Crippen LogP contribution in [0.1, 0.15) is 37.7 Å². The number of halogens is 1. The molecule has 31 heavy (non-hydrogen) atoms. The Morgan fingerprint density at radius 2 is 1.90 bits per heavy atom. The number of benzene rings is 2. The van der Waals surface area contributed by atoms with E-state index in [9.17, 15) is 9.18 Å². The monoisotopic (exact) mass is 430 g/mol. The van der Waals surface area contributed by atoms with E-state index in [-0.39, 0.29) is 23.4 Å². The predicted molar refractivity (Wildman–Crippen MR) is 111 cm³/mol. The second-order valence-electron chi connectivity index (χ2n) is 8.37. The summed E-state index contributed by atoms with van der Waals surface area (Å²) in [5, 5.41) is 8.70. The first-order valence-electron chi connectivity index (χ1n) is 10.5. The molecular weight excluding hydrogens is 403 g/mol. The van der Waals surface area contributed by atoms with Gasteiger partial charge in [-0.2, -0.15) is 0 Å². The van der Waals surface area contributed by atoms with E-state index in [0.29, 0.717) is 31.1 Å². The number of carboxylic acid groups (broad SMARTS) is 1. The summed E-state index contributed by atoms with van der Waals surface area (Å²) in [5.41, 5.74) is 0.887. The smallest absolute Gasteiger partial charge is 0.329 e. The van der Waals surface area contributed by atoms with Crippen molar-refractivity contribution in [1.82, 2.24) is 0 Å². The van der Waals surface area contributed by atoms with E-state index in [4.69, 9.17) is 24.1 Å². The first-order chi connectivity index (χ1) is 14.9. The lowest BCUT2D eigenvalue weighted by atomic mass is 9.62. The number of hydrogen-bond donors (Lipinski definition) is 1. The molecule has 0 atom stereocenters. The van der Waals surface area contributed by atoms with Crippen molar-refractivity contribution >= 4 is 5.97 Å². The highest BCUT2D eigenvalue weighted by atomic mass is 19.1. The molecule has 0 aromatic heterocycles. The van der Waals surface area contributed by atoms with E-state index in [1.807, 2.05) is 18.2 Å². The minimum atomic E-state index is -0.954. The number of methoxy groups -OCH3 is 1. The van der Waals surface area contributed by atoms with Gasteiger partial charge in [0.05, 0.1) is 25.9 Å². The molecule has 0 amide bonds. The topological polar surface area (TPSA) is 74.2 Å². The SMILES string of the molecule is COc1ccc(Oc2cccc(C34CCC(CCOCC(=O)O)(CC3)OC4)c2)cc1F. The van der Waals surface area contributed by atoms with Crippen molar-refractivity contribution in [3.05, 3.63) is 53.8 Å². The van der Waals surface area contributed by atoms with Crippen LogP contribution in [0.5, 0.6) is 17.2 Å². The van der Waals surface area contributed by atoms with Gasteiger partial charge in [-0.3, -0.25) is 0 Å². The summed E-state index contributed by atoms with van der Waals surface area (Å²) in [5.74, 6) is -0.174. The molecule has 2 aromatic carbocycles. The highest BCUT2D eigenvalue weighted by Crippen LogP contribution is 2.52. The van der Waals surface area contributed by atoms with Crippen LogP contribution in [0, 0.1) is 5.82 Å². The van der Waals surface area contributed by atoms with E-state index in [0.717, 1.165) is 31.2 Å². The standard InChI is InChI=1S/C24H27FO6/c1-28-21-6-5-19(14-20(21)25)31-18-4-2-3-17(13-18)23-7-9-24(10-8-23,30-16-23)11-12-29-15-22(26)27/h2-6,13-14H,7-12,15-16H2,1H3,(H,26,27). The van der Waals surface area contributed by atoms with Crippen molar-refractivity contribution in [2.45, 2.75) is 43.1 Å². The first kappa shape index (κ1) is 21.6. The number of rotatable bonds is 9. The van der Waals surface area contributed by atoms with E-state index >= 15 is 0 Å². The van der Waals surface area contributed by atoms with Gasteiger partial charge in [0.2, 0.25) is 0 Å². The van der Waals surface area contributed by atoms with Crippen molar-refractivity contribution in [2.24, 2.45) is 0 Å².